The monoisotopic (exact) mass is 247 g/mol. The van der Waals surface area contributed by atoms with E-state index >= 15 is 0 Å². The lowest BCUT2D eigenvalue weighted by Crippen LogP contribution is -1.97. The number of rotatable bonds is 2. The van der Waals surface area contributed by atoms with Crippen LogP contribution in [0.4, 0.5) is 14.5 Å². The molecule has 0 spiro atoms. The predicted octanol–water partition coefficient (Wildman–Crippen LogP) is 2.61. The number of nitriles is 1. The van der Waals surface area contributed by atoms with Crippen LogP contribution < -0.4 is 10.5 Å². The Morgan fingerprint density at radius 2 is 2.06 bits per heavy atom. The molecule has 4 nitrogen and oxygen atoms in total. The molecule has 1 aromatic carbocycles. The van der Waals surface area contributed by atoms with Crippen LogP contribution in [0.1, 0.15) is 5.56 Å². The minimum atomic E-state index is -0.734. The van der Waals surface area contributed by atoms with Gasteiger partial charge in [0.2, 0.25) is 5.88 Å². The van der Waals surface area contributed by atoms with Crippen LogP contribution >= 0.6 is 0 Å². The fraction of sp³-hybridized carbons (Fsp3) is 0. The molecule has 0 aliphatic heterocycles. The van der Waals surface area contributed by atoms with E-state index in [9.17, 15) is 8.78 Å². The Morgan fingerprint density at radius 3 is 2.72 bits per heavy atom. The highest BCUT2D eigenvalue weighted by molar-refractivity contribution is 5.53. The van der Waals surface area contributed by atoms with Gasteiger partial charge in [-0.1, -0.05) is 0 Å². The number of halogens is 2. The van der Waals surface area contributed by atoms with Crippen molar-refractivity contribution in [3.63, 3.8) is 0 Å². The topological polar surface area (TPSA) is 71.9 Å². The fourth-order valence-corrected chi connectivity index (χ4v) is 1.28. The van der Waals surface area contributed by atoms with Crippen molar-refractivity contribution >= 4 is 5.69 Å². The zero-order chi connectivity index (χ0) is 13.1. The summed E-state index contributed by atoms with van der Waals surface area (Å²) in [5.74, 6) is -1.78. The number of ether oxygens (including phenoxy) is 1. The molecule has 0 aliphatic rings. The summed E-state index contributed by atoms with van der Waals surface area (Å²) in [5.41, 5.74) is 5.90. The number of hydrogen-bond acceptors (Lipinski definition) is 4. The number of aromatic nitrogens is 1. The number of anilines is 1. The highest BCUT2D eigenvalue weighted by atomic mass is 19.1. The third-order valence-electron chi connectivity index (χ3n) is 2.11. The molecular weight excluding hydrogens is 240 g/mol. The van der Waals surface area contributed by atoms with Gasteiger partial charge in [0.15, 0.2) is 11.6 Å². The fourth-order valence-electron chi connectivity index (χ4n) is 1.28. The van der Waals surface area contributed by atoms with E-state index in [1.807, 2.05) is 6.07 Å². The second-order valence-corrected chi connectivity index (χ2v) is 3.41. The van der Waals surface area contributed by atoms with Crippen LogP contribution in [0.15, 0.2) is 30.5 Å². The first kappa shape index (κ1) is 11.8. The Balaban J connectivity index is 2.34. The van der Waals surface area contributed by atoms with Crippen molar-refractivity contribution in [3.8, 4) is 17.7 Å². The van der Waals surface area contributed by atoms with Crippen LogP contribution in [0.2, 0.25) is 0 Å². The van der Waals surface area contributed by atoms with E-state index in [4.69, 9.17) is 15.7 Å². The molecule has 18 heavy (non-hydrogen) atoms. The van der Waals surface area contributed by atoms with E-state index in [0.29, 0.717) is 0 Å². The van der Waals surface area contributed by atoms with E-state index < -0.39 is 11.6 Å². The number of nitrogen functional groups attached to an aromatic ring is 1. The summed E-state index contributed by atoms with van der Waals surface area (Å²) >= 11 is 0. The maximum absolute atomic E-state index is 13.3. The summed E-state index contributed by atoms with van der Waals surface area (Å²) in [5, 5.41) is 8.63. The van der Waals surface area contributed by atoms with Crippen LogP contribution in [0, 0.1) is 23.0 Å². The van der Waals surface area contributed by atoms with Gasteiger partial charge in [0, 0.05) is 12.3 Å². The third kappa shape index (κ3) is 2.35. The highest BCUT2D eigenvalue weighted by Crippen LogP contribution is 2.27. The Bertz CT molecular complexity index is 638. The molecule has 1 aromatic heterocycles. The molecule has 0 unspecified atom stereocenters. The molecule has 90 valence electrons. The molecule has 6 heteroatoms. The highest BCUT2D eigenvalue weighted by Gasteiger charge is 2.10. The lowest BCUT2D eigenvalue weighted by atomic mass is 10.3. The van der Waals surface area contributed by atoms with Crippen LogP contribution in [-0.2, 0) is 0 Å². The number of pyridine rings is 1. The molecule has 0 aliphatic carbocycles. The summed E-state index contributed by atoms with van der Waals surface area (Å²) in [6.45, 7) is 0. The zero-order valence-corrected chi connectivity index (χ0v) is 9.02. The lowest BCUT2D eigenvalue weighted by molar-refractivity contribution is 0.424. The van der Waals surface area contributed by atoms with E-state index in [2.05, 4.69) is 4.98 Å². The molecule has 0 fully saturated rings. The summed E-state index contributed by atoms with van der Waals surface area (Å²) < 4.78 is 31.3. The molecule has 0 atom stereocenters. The van der Waals surface area contributed by atoms with Gasteiger partial charge in [-0.25, -0.2) is 13.8 Å². The summed E-state index contributed by atoms with van der Waals surface area (Å²) in [6, 6.07) is 5.97. The predicted molar refractivity (Wildman–Crippen MR) is 59.8 cm³/mol. The van der Waals surface area contributed by atoms with Gasteiger partial charge < -0.3 is 10.5 Å². The maximum Gasteiger partial charge on any atom is 0.242 e. The van der Waals surface area contributed by atoms with Crippen LogP contribution in [-0.4, -0.2) is 4.98 Å². The van der Waals surface area contributed by atoms with Crippen LogP contribution in [0.5, 0.6) is 11.6 Å². The molecule has 0 saturated heterocycles. The van der Waals surface area contributed by atoms with Crippen molar-refractivity contribution < 1.29 is 13.5 Å². The van der Waals surface area contributed by atoms with Gasteiger partial charge in [0.05, 0.1) is 11.3 Å². The van der Waals surface area contributed by atoms with E-state index in [-0.39, 0.29) is 22.9 Å². The van der Waals surface area contributed by atoms with Crippen molar-refractivity contribution in [3.05, 3.63) is 47.7 Å². The Hall–Kier alpha value is -2.68. The van der Waals surface area contributed by atoms with Crippen LogP contribution in [0.25, 0.3) is 0 Å². The smallest absolute Gasteiger partial charge is 0.242 e. The average molecular weight is 247 g/mol. The number of hydrogen-bond donors (Lipinski definition) is 1. The van der Waals surface area contributed by atoms with Gasteiger partial charge in [-0.3, -0.25) is 0 Å². The Labute approximate surface area is 101 Å². The second kappa shape index (κ2) is 4.67. The molecule has 0 saturated carbocycles. The first-order chi connectivity index (χ1) is 8.60. The van der Waals surface area contributed by atoms with Crippen molar-refractivity contribution in [2.24, 2.45) is 0 Å². The van der Waals surface area contributed by atoms with Gasteiger partial charge in [-0.05, 0) is 18.2 Å². The SMILES string of the molecule is N#Cc1cnc(Oc2cc(F)ccc2F)c(N)c1. The zero-order valence-electron chi connectivity index (χ0n) is 9.02. The molecular formula is C12H7F2N3O. The first-order valence-electron chi connectivity index (χ1n) is 4.88. The van der Waals surface area contributed by atoms with Gasteiger partial charge in [0.1, 0.15) is 11.9 Å². The normalized spacial score (nSPS) is 9.83. The van der Waals surface area contributed by atoms with E-state index in [1.165, 1.54) is 12.3 Å². The number of nitrogens with zero attached hydrogens (tertiary/aromatic N) is 2. The molecule has 0 radical (unpaired) electrons. The summed E-state index contributed by atoms with van der Waals surface area (Å²) in [4.78, 5) is 3.76. The van der Waals surface area contributed by atoms with Gasteiger partial charge in [0.25, 0.3) is 0 Å². The Morgan fingerprint density at radius 1 is 1.28 bits per heavy atom. The quantitative estimate of drug-likeness (QED) is 0.885. The van der Waals surface area contributed by atoms with E-state index in [0.717, 1.165) is 18.2 Å². The van der Waals surface area contributed by atoms with Crippen molar-refractivity contribution in [2.45, 2.75) is 0 Å². The van der Waals surface area contributed by atoms with Crippen molar-refractivity contribution in [2.75, 3.05) is 5.73 Å². The van der Waals surface area contributed by atoms with Gasteiger partial charge in [-0.2, -0.15) is 5.26 Å². The molecule has 1 heterocycles. The number of benzene rings is 1. The molecule has 2 N–H and O–H groups in total. The number of nitrogens with two attached hydrogens (primary N) is 1. The molecule has 0 bridgehead atoms. The molecule has 2 rings (SSSR count). The standard InChI is InChI=1S/C12H7F2N3O/c13-8-1-2-9(14)11(4-8)18-12-10(16)3-7(5-15)6-17-12/h1-4,6H,16H2. The Kier molecular flexibility index (Phi) is 3.06. The minimum absolute atomic E-state index is 0.0673. The van der Waals surface area contributed by atoms with Gasteiger partial charge in [-0.15, -0.1) is 0 Å². The first-order valence-corrected chi connectivity index (χ1v) is 4.88. The minimum Gasteiger partial charge on any atom is -0.434 e. The van der Waals surface area contributed by atoms with Gasteiger partial charge >= 0.3 is 0 Å². The van der Waals surface area contributed by atoms with E-state index in [1.54, 1.807) is 0 Å². The van der Waals surface area contributed by atoms with Crippen molar-refractivity contribution in [1.82, 2.24) is 4.98 Å². The summed E-state index contributed by atoms with van der Waals surface area (Å²) in [6.07, 6.45) is 1.23. The molecule has 2 aromatic rings. The maximum atomic E-state index is 13.3. The lowest BCUT2D eigenvalue weighted by Gasteiger charge is -2.08. The van der Waals surface area contributed by atoms with Crippen molar-refractivity contribution in [1.29, 1.82) is 5.26 Å². The average Bonchev–Trinajstić information content (AvgIpc) is 2.36. The second-order valence-electron chi connectivity index (χ2n) is 3.41. The third-order valence-corrected chi connectivity index (χ3v) is 2.11. The van der Waals surface area contributed by atoms with Crippen LogP contribution in [0.3, 0.4) is 0 Å². The summed E-state index contributed by atoms with van der Waals surface area (Å²) in [7, 11) is 0. The largest absolute Gasteiger partial charge is 0.434 e. The molecule has 0 amide bonds.